The zero-order valence-electron chi connectivity index (χ0n) is 11.6. The van der Waals surface area contributed by atoms with Crippen LogP contribution in [0.3, 0.4) is 0 Å². The molecule has 1 saturated carbocycles. The van der Waals surface area contributed by atoms with Crippen molar-refractivity contribution in [1.29, 1.82) is 0 Å². The summed E-state index contributed by atoms with van der Waals surface area (Å²) in [5.41, 5.74) is 2.44. The largest absolute Gasteiger partial charge is 0.395 e. The van der Waals surface area contributed by atoms with Crippen molar-refractivity contribution >= 4 is 5.65 Å². The second kappa shape index (κ2) is 5.34. The monoisotopic (exact) mass is 273 g/mol. The molecule has 2 heterocycles. The summed E-state index contributed by atoms with van der Waals surface area (Å²) in [5, 5.41) is 9.12. The van der Waals surface area contributed by atoms with Gasteiger partial charge in [0, 0.05) is 31.4 Å². The minimum atomic E-state index is -0.0477. The summed E-state index contributed by atoms with van der Waals surface area (Å²) in [6.45, 7) is 3.36. The van der Waals surface area contributed by atoms with Crippen molar-refractivity contribution < 1.29 is 5.11 Å². The minimum absolute atomic E-state index is 0.0477. The van der Waals surface area contributed by atoms with Gasteiger partial charge in [0.05, 0.1) is 12.3 Å². The summed E-state index contributed by atoms with van der Waals surface area (Å²) in [6, 6.07) is 5.96. The van der Waals surface area contributed by atoms with Crippen LogP contribution in [0.25, 0.3) is 5.65 Å². The molecule has 0 aromatic carbocycles. The Morgan fingerprint density at radius 3 is 2.95 bits per heavy atom. The van der Waals surface area contributed by atoms with Gasteiger partial charge in [-0.2, -0.15) is 0 Å². The van der Waals surface area contributed by atoms with Crippen molar-refractivity contribution in [2.75, 3.05) is 13.2 Å². The Morgan fingerprint density at radius 2 is 2.25 bits per heavy atom. The fourth-order valence-electron chi connectivity index (χ4n) is 2.51. The summed E-state index contributed by atoms with van der Waals surface area (Å²) in [7, 11) is 0. The first kappa shape index (κ1) is 13.3. The Labute approximate surface area is 117 Å². The molecule has 0 bridgehead atoms. The molecule has 1 N–H and O–H groups in total. The first-order valence-corrected chi connectivity index (χ1v) is 7.01. The van der Waals surface area contributed by atoms with Crippen LogP contribution < -0.4 is 5.56 Å². The molecule has 0 radical (unpaired) electrons. The van der Waals surface area contributed by atoms with Gasteiger partial charge >= 0.3 is 0 Å². The van der Waals surface area contributed by atoms with Crippen LogP contribution in [0, 0.1) is 6.92 Å². The Hall–Kier alpha value is -1.72. The molecule has 3 rings (SSSR count). The van der Waals surface area contributed by atoms with Crippen molar-refractivity contribution in [2.24, 2.45) is 0 Å². The van der Waals surface area contributed by atoms with Gasteiger partial charge in [-0.15, -0.1) is 0 Å². The maximum absolute atomic E-state index is 12.1. The van der Waals surface area contributed by atoms with Crippen molar-refractivity contribution in [1.82, 2.24) is 14.3 Å². The van der Waals surface area contributed by atoms with E-state index in [0.29, 0.717) is 24.8 Å². The Bertz CT molecular complexity index is 676. The number of aliphatic hydroxyl groups is 1. The van der Waals surface area contributed by atoms with E-state index < -0.39 is 0 Å². The number of pyridine rings is 1. The number of nitrogens with zero attached hydrogens (tertiary/aromatic N) is 3. The fourth-order valence-corrected chi connectivity index (χ4v) is 2.51. The molecule has 5 heteroatoms. The number of hydrogen-bond acceptors (Lipinski definition) is 4. The molecule has 0 atom stereocenters. The zero-order valence-corrected chi connectivity index (χ0v) is 11.6. The van der Waals surface area contributed by atoms with Crippen molar-refractivity contribution in [3.8, 4) is 0 Å². The van der Waals surface area contributed by atoms with Crippen LogP contribution in [0.4, 0.5) is 0 Å². The molecule has 20 heavy (non-hydrogen) atoms. The molecule has 5 nitrogen and oxygen atoms in total. The number of aromatic nitrogens is 2. The van der Waals surface area contributed by atoms with Gasteiger partial charge in [0.1, 0.15) is 5.65 Å². The van der Waals surface area contributed by atoms with Gasteiger partial charge in [0.15, 0.2) is 0 Å². The van der Waals surface area contributed by atoms with Crippen LogP contribution in [0.2, 0.25) is 0 Å². The van der Waals surface area contributed by atoms with Gasteiger partial charge in [0.25, 0.3) is 5.56 Å². The lowest BCUT2D eigenvalue weighted by molar-refractivity contribution is 0.182. The maximum atomic E-state index is 12.1. The molecule has 2 aromatic heterocycles. The molecule has 0 spiro atoms. The van der Waals surface area contributed by atoms with E-state index in [1.165, 1.54) is 12.8 Å². The van der Waals surface area contributed by atoms with Crippen LogP contribution in [-0.2, 0) is 6.54 Å². The van der Waals surface area contributed by atoms with Gasteiger partial charge in [0.2, 0.25) is 0 Å². The average molecular weight is 273 g/mol. The van der Waals surface area contributed by atoms with Gasteiger partial charge in [-0.3, -0.25) is 14.1 Å². The second-order valence-electron chi connectivity index (χ2n) is 5.45. The summed E-state index contributed by atoms with van der Waals surface area (Å²) >= 11 is 0. The predicted octanol–water partition coefficient (Wildman–Crippen LogP) is 0.960. The van der Waals surface area contributed by atoms with E-state index in [2.05, 4.69) is 9.88 Å². The molecule has 0 amide bonds. The second-order valence-corrected chi connectivity index (χ2v) is 5.45. The number of rotatable bonds is 5. The van der Waals surface area contributed by atoms with E-state index in [1.54, 1.807) is 16.7 Å². The molecule has 0 unspecified atom stereocenters. The van der Waals surface area contributed by atoms with E-state index in [-0.39, 0.29) is 12.2 Å². The van der Waals surface area contributed by atoms with Gasteiger partial charge < -0.3 is 5.11 Å². The first-order valence-electron chi connectivity index (χ1n) is 7.01. The number of aryl methyl sites for hydroxylation is 1. The number of fused-ring (bicyclic) bond motifs is 1. The highest BCUT2D eigenvalue weighted by atomic mass is 16.3. The molecular formula is C15H19N3O2. The van der Waals surface area contributed by atoms with Gasteiger partial charge in [-0.25, -0.2) is 4.98 Å². The standard InChI is InChI=1S/C15H19N3O2/c1-11-2-5-14-16-12(8-15(20)18(14)9-11)10-17(6-7-19)13-3-4-13/h2,5,8-9,13,19H,3-4,6-7,10H2,1H3. The Morgan fingerprint density at radius 1 is 1.45 bits per heavy atom. The number of aliphatic hydroxyl groups excluding tert-OH is 1. The molecule has 0 saturated heterocycles. The lowest BCUT2D eigenvalue weighted by atomic mass is 10.3. The zero-order chi connectivity index (χ0) is 14.1. The average Bonchev–Trinajstić information content (AvgIpc) is 3.24. The summed E-state index contributed by atoms with van der Waals surface area (Å²) < 4.78 is 1.58. The fraction of sp³-hybridized carbons (Fsp3) is 0.467. The summed E-state index contributed by atoms with van der Waals surface area (Å²) in [5.74, 6) is 0. The smallest absolute Gasteiger partial charge is 0.258 e. The van der Waals surface area contributed by atoms with Crippen LogP contribution in [-0.4, -0.2) is 38.6 Å². The highest BCUT2D eigenvalue weighted by Crippen LogP contribution is 2.27. The van der Waals surface area contributed by atoms with E-state index >= 15 is 0 Å². The van der Waals surface area contributed by atoms with Crippen LogP contribution in [0.5, 0.6) is 0 Å². The van der Waals surface area contributed by atoms with E-state index in [0.717, 1.165) is 11.3 Å². The third-order valence-corrected chi connectivity index (χ3v) is 3.68. The molecule has 1 aliphatic rings. The lowest BCUT2D eigenvalue weighted by Gasteiger charge is -2.20. The SMILES string of the molecule is Cc1ccc2nc(CN(CCO)C3CC3)cc(=O)n2c1. The Balaban J connectivity index is 1.91. The van der Waals surface area contributed by atoms with Crippen LogP contribution >= 0.6 is 0 Å². The lowest BCUT2D eigenvalue weighted by Crippen LogP contribution is -2.30. The molecular weight excluding hydrogens is 254 g/mol. The molecule has 1 aliphatic carbocycles. The highest BCUT2D eigenvalue weighted by molar-refractivity contribution is 5.39. The summed E-state index contributed by atoms with van der Waals surface area (Å²) in [6.07, 6.45) is 4.15. The molecule has 106 valence electrons. The topological polar surface area (TPSA) is 57.8 Å². The third kappa shape index (κ3) is 2.73. The first-order chi connectivity index (χ1) is 9.67. The van der Waals surface area contributed by atoms with E-state index in [4.69, 9.17) is 5.11 Å². The van der Waals surface area contributed by atoms with E-state index in [1.807, 2.05) is 19.1 Å². The number of hydrogen-bond donors (Lipinski definition) is 1. The normalized spacial score (nSPS) is 15.2. The van der Waals surface area contributed by atoms with Crippen molar-refractivity contribution in [3.63, 3.8) is 0 Å². The highest BCUT2D eigenvalue weighted by Gasteiger charge is 2.28. The maximum Gasteiger partial charge on any atom is 0.258 e. The molecule has 1 fully saturated rings. The predicted molar refractivity (Wildman–Crippen MR) is 76.7 cm³/mol. The Kier molecular flexibility index (Phi) is 3.54. The van der Waals surface area contributed by atoms with E-state index in [9.17, 15) is 4.79 Å². The van der Waals surface area contributed by atoms with Crippen LogP contribution in [0.1, 0.15) is 24.1 Å². The molecule has 0 aliphatic heterocycles. The van der Waals surface area contributed by atoms with Gasteiger partial charge in [-0.1, -0.05) is 6.07 Å². The van der Waals surface area contributed by atoms with Crippen molar-refractivity contribution in [2.45, 2.75) is 32.4 Å². The van der Waals surface area contributed by atoms with Crippen LogP contribution in [0.15, 0.2) is 29.2 Å². The molecule has 2 aromatic rings. The van der Waals surface area contributed by atoms with Crippen molar-refractivity contribution in [3.05, 3.63) is 46.0 Å². The third-order valence-electron chi connectivity index (χ3n) is 3.68. The quantitative estimate of drug-likeness (QED) is 0.881. The summed E-state index contributed by atoms with van der Waals surface area (Å²) in [4.78, 5) is 18.9. The minimum Gasteiger partial charge on any atom is -0.395 e. The van der Waals surface area contributed by atoms with Gasteiger partial charge in [-0.05, 0) is 31.4 Å².